The zero-order chi connectivity index (χ0) is 15.9. The first-order valence-electron chi connectivity index (χ1n) is 7.03. The number of carboxylic acid groups (broad SMARTS) is 1. The monoisotopic (exact) mass is 305 g/mol. The zero-order valence-electron chi connectivity index (χ0n) is 11.8. The van der Waals surface area contributed by atoms with Crippen molar-refractivity contribution in [1.82, 2.24) is 9.80 Å². The molecule has 0 atom stereocenters. The molecule has 2 aliphatic rings. The van der Waals surface area contributed by atoms with Gasteiger partial charge in [0.1, 0.15) is 0 Å². The number of nitro benzene ring substituents is 1. The highest BCUT2D eigenvalue weighted by atomic mass is 16.6. The standard InChI is InChI=1S/C14H15N3O5/c18-13-12-2-1-11(17(21)22)7-9(12)8-16(13)10-3-5-15(6-4-10)14(19)20/h1-2,7,10H,3-6,8H2,(H,19,20). The van der Waals surface area contributed by atoms with Crippen LogP contribution in [-0.4, -0.2) is 51.0 Å². The minimum atomic E-state index is -0.940. The Morgan fingerprint density at radius 1 is 1.32 bits per heavy atom. The van der Waals surface area contributed by atoms with Crippen molar-refractivity contribution in [2.45, 2.75) is 25.4 Å². The minimum Gasteiger partial charge on any atom is -0.465 e. The summed E-state index contributed by atoms with van der Waals surface area (Å²) in [5, 5.41) is 19.8. The summed E-state index contributed by atoms with van der Waals surface area (Å²) >= 11 is 0. The van der Waals surface area contributed by atoms with Gasteiger partial charge in [0, 0.05) is 43.4 Å². The normalized spacial score (nSPS) is 18.5. The van der Waals surface area contributed by atoms with E-state index >= 15 is 0 Å². The molecule has 0 bridgehead atoms. The van der Waals surface area contributed by atoms with Crippen LogP contribution in [0.3, 0.4) is 0 Å². The Labute approximate surface area is 126 Å². The summed E-state index contributed by atoms with van der Waals surface area (Å²) in [6.45, 7) is 1.16. The van der Waals surface area contributed by atoms with Gasteiger partial charge >= 0.3 is 6.09 Å². The average Bonchev–Trinajstić information content (AvgIpc) is 2.84. The van der Waals surface area contributed by atoms with Crippen LogP contribution >= 0.6 is 0 Å². The van der Waals surface area contributed by atoms with E-state index in [0.29, 0.717) is 43.6 Å². The lowest BCUT2D eigenvalue weighted by atomic mass is 10.0. The second-order valence-electron chi connectivity index (χ2n) is 5.53. The van der Waals surface area contributed by atoms with Gasteiger partial charge in [0.05, 0.1) is 4.92 Å². The lowest BCUT2D eigenvalue weighted by molar-refractivity contribution is -0.384. The number of piperidine rings is 1. The van der Waals surface area contributed by atoms with Crippen LogP contribution in [0.2, 0.25) is 0 Å². The summed E-state index contributed by atoms with van der Waals surface area (Å²) in [6, 6.07) is 4.27. The van der Waals surface area contributed by atoms with Gasteiger partial charge in [0.15, 0.2) is 0 Å². The SMILES string of the molecule is O=C(O)N1CCC(N2Cc3cc([N+](=O)[O-])ccc3C2=O)CC1. The summed E-state index contributed by atoms with van der Waals surface area (Å²) in [7, 11) is 0. The summed E-state index contributed by atoms with van der Waals surface area (Å²) in [5.41, 5.74) is 1.15. The molecule has 3 rings (SSSR count). The molecular formula is C14H15N3O5. The average molecular weight is 305 g/mol. The molecular weight excluding hydrogens is 290 g/mol. The maximum atomic E-state index is 12.4. The van der Waals surface area contributed by atoms with Gasteiger partial charge in [-0.3, -0.25) is 14.9 Å². The van der Waals surface area contributed by atoms with E-state index < -0.39 is 11.0 Å². The van der Waals surface area contributed by atoms with Crippen LogP contribution in [0.4, 0.5) is 10.5 Å². The number of likely N-dealkylation sites (tertiary alicyclic amines) is 1. The molecule has 1 aromatic rings. The Morgan fingerprint density at radius 2 is 2.00 bits per heavy atom. The first kappa shape index (κ1) is 14.3. The molecule has 22 heavy (non-hydrogen) atoms. The maximum Gasteiger partial charge on any atom is 0.407 e. The summed E-state index contributed by atoms with van der Waals surface area (Å²) in [4.78, 5) is 36.7. The van der Waals surface area contributed by atoms with E-state index in [1.807, 2.05) is 0 Å². The molecule has 1 N–H and O–H groups in total. The fourth-order valence-corrected chi connectivity index (χ4v) is 3.11. The number of hydrogen-bond acceptors (Lipinski definition) is 4. The Balaban J connectivity index is 1.74. The molecule has 0 saturated carbocycles. The van der Waals surface area contributed by atoms with Crippen LogP contribution in [0.5, 0.6) is 0 Å². The summed E-state index contributed by atoms with van der Waals surface area (Å²) < 4.78 is 0. The zero-order valence-corrected chi connectivity index (χ0v) is 11.8. The molecule has 0 unspecified atom stereocenters. The van der Waals surface area contributed by atoms with E-state index in [2.05, 4.69) is 0 Å². The molecule has 2 amide bonds. The highest BCUT2D eigenvalue weighted by Gasteiger charge is 2.35. The van der Waals surface area contributed by atoms with Gasteiger partial charge in [-0.1, -0.05) is 0 Å². The molecule has 2 heterocycles. The Hall–Kier alpha value is -2.64. The predicted octanol–water partition coefficient (Wildman–Crippen LogP) is 1.69. The second-order valence-corrected chi connectivity index (χ2v) is 5.53. The third-order valence-electron chi connectivity index (χ3n) is 4.31. The smallest absolute Gasteiger partial charge is 0.407 e. The van der Waals surface area contributed by atoms with Crippen LogP contribution in [0, 0.1) is 10.1 Å². The van der Waals surface area contributed by atoms with Crippen molar-refractivity contribution < 1.29 is 19.6 Å². The van der Waals surface area contributed by atoms with Gasteiger partial charge in [-0.25, -0.2) is 4.79 Å². The molecule has 1 aromatic carbocycles. The molecule has 8 heteroatoms. The maximum absolute atomic E-state index is 12.4. The van der Waals surface area contributed by atoms with Gasteiger partial charge in [0.2, 0.25) is 0 Å². The molecule has 0 spiro atoms. The van der Waals surface area contributed by atoms with Crippen molar-refractivity contribution >= 4 is 17.7 Å². The predicted molar refractivity (Wildman–Crippen MR) is 75.6 cm³/mol. The van der Waals surface area contributed by atoms with E-state index in [1.165, 1.54) is 23.1 Å². The van der Waals surface area contributed by atoms with E-state index in [9.17, 15) is 19.7 Å². The number of fused-ring (bicyclic) bond motifs is 1. The number of nitro groups is 1. The van der Waals surface area contributed by atoms with Gasteiger partial charge in [-0.2, -0.15) is 0 Å². The fraction of sp³-hybridized carbons (Fsp3) is 0.429. The van der Waals surface area contributed by atoms with Crippen LogP contribution in [0.25, 0.3) is 0 Å². The van der Waals surface area contributed by atoms with Crippen molar-refractivity contribution in [3.05, 3.63) is 39.4 Å². The summed E-state index contributed by atoms with van der Waals surface area (Å²) in [5.74, 6) is -0.126. The van der Waals surface area contributed by atoms with Gasteiger partial charge in [0.25, 0.3) is 11.6 Å². The topological polar surface area (TPSA) is 104 Å². The van der Waals surface area contributed by atoms with Crippen LogP contribution < -0.4 is 0 Å². The largest absolute Gasteiger partial charge is 0.465 e. The molecule has 0 aromatic heterocycles. The number of amides is 2. The lowest BCUT2D eigenvalue weighted by Crippen LogP contribution is -2.46. The number of hydrogen-bond donors (Lipinski definition) is 1. The van der Waals surface area contributed by atoms with Crippen LogP contribution in [0.1, 0.15) is 28.8 Å². The van der Waals surface area contributed by atoms with Crippen LogP contribution in [-0.2, 0) is 6.54 Å². The molecule has 1 saturated heterocycles. The quantitative estimate of drug-likeness (QED) is 0.661. The Kier molecular flexibility index (Phi) is 3.44. The number of benzene rings is 1. The molecule has 116 valence electrons. The van der Waals surface area contributed by atoms with Gasteiger partial charge in [-0.05, 0) is 24.5 Å². The van der Waals surface area contributed by atoms with Crippen molar-refractivity contribution in [1.29, 1.82) is 0 Å². The van der Waals surface area contributed by atoms with E-state index in [4.69, 9.17) is 5.11 Å². The first-order chi connectivity index (χ1) is 10.5. The van der Waals surface area contributed by atoms with Gasteiger partial charge in [-0.15, -0.1) is 0 Å². The number of non-ortho nitro benzene ring substituents is 1. The van der Waals surface area contributed by atoms with Crippen molar-refractivity contribution in [2.75, 3.05) is 13.1 Å². The second kappa shape index (κ2) is 5.28. The Morgan fingerprint density at radius 3 is 2.59 bits per heavy atom. The van der Waals surface area contributed by atoms with E-state index in [0.717, 1.165) is 0 Å². The molecule has 0 radical (unpaired) electrons. The number of carbonyl (C=O) groups is 2. The number of rotatable bonds is 2. The number of nitrogens with zero attached hydrogens (tertiary/aromatic N) is 3. The fourth-order valence-electron chi connectivity index (χ4n) is 3.11. The number of carbonyl (C=O) groups excluding carboxylic acids is 1. The van der Waals surface area contributed by atoms with Crippen LogP contribution in [0.15, 0.2) is 18.2 Å². The van der Waals surface area contributed by atoms with Gasteiger partial charge < -0.3 is 14.9 Å². The molecule has 8 nitrogen and oxygen atoms in total. The first-order valence-corrected chi connectivity index (χ1v) is 7.03. The summed E-state index contributed by atoms with van der Waals surface area (Å²) in [6.07, 6.45) is 0.243. The molecule has 0 aliphatic carbocycles. The van der Waals surface area contributed by atoms with Crippen molar-refractivity contribution in [2.24, 2.45) is 0 Å². The van der Waals surface area contributed by atoms with Crippen molar-refractivity contribution in [3.63, 3.8) is 0 Å². The van der Waals surface area contributed by atoms with E-state index in [1.54, 1.807) is 4.90 Å². The van der Waals surface area contributed by atoms with E-state index in [-0.39, 0.29) is 17.6 Å². The highest BCUT2D eigenvalue weighted by molar-refractivity contribution is 5.98. The third kappa shape index (κ3) is 2.36. The molecule has 2 aliphatic heterocycles. The highest BCUT2D eigenvalue weighted by Crippen LogP contribution is 2.30. The Bertz CT molecular complexity index is 652. The lowest BCUT2D eigenvalue weighted by Gasteiger charge is -2.35. The third-order valence-corrected chi connectivity index (χ3v) is 4.31. The molecule has 1 fully saturated rings. The van der Waals surface area contributed by atoms with Crippen molar-refractivity contribution in [3.8, 4) is 0 Å². The minimum absolute atomic E-state index is 0.0189.